The summed E-state index contributed by atoms with van der Waals surface area (Å²) in [5, 5.41) is 8.66. The van der Waals surface area contributed by atoms with Crippen molar-refractivity contribution in [2.24, 2.45) is 0 Å². The molecule has 1 heterocycles. The van der Waals surface area contributed by atoms with Crippen molar-refractivity contribution in [1.29, 1.82) is 5.41 Å². The Hall–Kier alpha value is -2.36. The molecule has 4 heteroatoms. The zero-order chi connectivity index (χ0) is 22.5. The molecule has 0 saturated heterocycles. The number of nitrogens with zero attached hydrogens (tertiary/aromatic N) is 1. The second kappa shape index (κ2) is 13.8. The van der Waals surface area contributed by atoms with Crippen molar-refractivity contribution in [2.45, 2.75) is 91.5 Å². The van der Waals surface area contributed by atoms with Crippen molar-refractivity contribution < 1.29 is 9.53 Å². The number of esters is 1. The SMILES string of the molecule is CCCCCCCCCCCCn1cc(C(=O)OCC)c(-c2ccccc2)c(C)c1=N. The van der Waals surface area contributed by atoms with Crippen LogP contribution in [0.4, 0.5) is 0 Å². The van der Waals surface area contributed by atoms with E-state index in [1.54, 1.807) is 0 Å². The van der Waals surface area contributed by atoms with E-state index in [-0.39, 0.29) is 5.97 Å². The number of unbranched alkanes of at least 4 members (excludes halogenated alkanes) is 9. The average Bonchev–Trinajstić information content (AvgIpc) is 2.78. The number of aryl methyl sites for hydroxylation is 1. The van der Waals surface area contributed by atoms with Gasteiger partial charge >= 0.3 is 5.97 Å². The Labute approximate surface area is 188 Å². The number of rotatable bonds is 14. The molecule has 0 saturated carbocycles. The van der Waals surface area contributed by atoms with E-state index in [2.05, 4.69) is 6.92 Å². The molecule has 1 N–H and O–H groups in total. The van der Waals surface area contributed by atoms with Gasteiger partial charge in [0.2, 0.25) is 0 Å². The third-order valence-electron chi connectivity index (χ3n) is 5.88. The summed E-state index contributed by atoms with van der Waals surface area (Å²) in [4.78, 5) is 12.7. The Morgan fingerprint density at radius 1 is 0.903 bits per heavy atom. The maximum absolute atomic E-state index is 12.7. The van der Waals surface area contributed by atoms with Crippen molar-refractivity contribution in [3.05, 3.63) is 53.1 Å². The van der Waals surface area contributed by atoms with Gasteiger partial charge in [0.25, 0.3) is 0 Å². The van der Waals surface area contributed by atoms with Crippen LogP contribution in [-0.2, 0) is 11.3 Å². The van der Waals surface area contributed by atoms with Crippen LogP contribution in [0.1, 0.15) is 94.0 Å². The van der Waals surface area contributed by atoms with Gasteiger partial charge in [-0.15, -0.1) is 0 Å². The molecule has 0 fully saturated rings. The van der Waals surface area contributed by atoms with Crippen molar-refractivity contribution in [1.82, 2.24) is 4.57 Å². The van der Waals surface area contributed by atoms with Crippen LogP contribution in [0.15, 0.2) is 36.5 Å². The van der Waals surface area contributed by atoms with Crippen LogP contribution in [0.2, 0.25) is 0 Å². The van der Waals surface area contributed by atoms with Gasteiger partial charge in [0, 0.05) is 23.9 Å². The third kappa shape index (κ3) is 7.68. The lowest BCUT2D eigenvalue weighted by Crippen LogP contribution is -2.26. The highest BCUT2D eigenvalue weighted by Gasteiger charge is 2.19. The van der Waals surface area contributed by atoms with Crippen molar-refractivity contribution in [3.63, 3.8) is 0 Å². The Morgan fingerprint density at radius 2 is 1.48 bits per heavy atom. The topological polar surface area (TPSA) is 55.1 Å². The number of nitrogens with one attached hydrogen (secondary N) is 1. The largest absolute Gasteiger partial charge is 0.462 e. The summed E-state index contributed by atoms with van der Waals surface area (Å²) in [6.45, 7) is 7.11. The maximum atomic E-state index is 12.7. The van der Waals surface area contributed by atoms with E-state index in [4.69, 9.17) is 10.1 Å². The molecule has 0 atom stereocenters. The number of hydrogen-bond donors (Lipinski definition) is 1. The van der Waals surface area contributed by atoms with E-state index in [1.165, 1.54) is 51.4 Å². The first-order chi connectivity index (χ1) is 15.1. The third-order valence-corrected chi connectivity index (χ3v) is 5.88. The van der Waals surface area contributed by atoms with Crippen molar-refractivity contribution >= 4 is 5.97 Å². The first kappa shape index (κ1) is 24.9. The number of hydrogen-bond acceptors (Lipinski definition) is 3. The zero-order valence-corrected chi connectivity index (χ0v) is 19.7. The highest BCUT2D eigenvalue weighted by molar-refractivity contribution is 5.97. The molecule has 2 rings (SSSR count). The summed E-state index contributed by atoms with van der Waals surface area (Å²) in [6.07, 6.45) is 14.7. The summed E-state index contributed by atoms with van der Waals surface area (Å²) in [6, 6.07) is 9.84. The molecule has 0 radical (unpaired) electrons. The standard InChI is InChI=1S/C27H40N2O2/c1-4-6-7-8-9-10-11-12-13-17-20-29-21-24(27(30)31-5-2)25(22(3)26(29)28)23-18-15-14-16-19-23/h14-16,18-19,21,28H,4-13,17,20H2,1-3H3. The van der Waals surface area contributed by atoms with Gasteiger partial charge in [0.15, 0.2) is 0 Å². The lowest BCUT2D eigenvalue weighted by atomic mass is 9.96. The second-order valence-corrected chi connectivity index (χ2v) is 8.35. The number of pyridine rings is 1. The molecular formula is C27H40N2O2. The lowest BCUT2D eigenvalue weighted by molar-refractivity contribution is 0.0526. The van der Waals surface area contributed by atoms with Gasteiger partial charge in [-0.3, -0.25) is 5.41 Å². The van der Waals surface area contributed by atoms with Crippen LogP contribution >= 0.6 is 0 Å². The van der Waals surface area contributed by atoms with Crippen LogP contribution in [0, 0.1) is 12.3 Å². The second-order valence-electron chi connectivity index (χ2n) is 8.35. The van der Waals surface area contributed by atoms with Gasteiger partial charge in [-0.1, -0.05) is 95.0 Å². The Kier molecular flexibility index (Phi) is 11.1. The molecule has 4 nitrogen and oxygen atoms in total. The fourth-order valence-corrected chi connectivity index (χ4v) is 4.11. The molecule has 0 bridgehead atoms. The Balaban J connectivity index is 2.01. The summed E-state index contributed by atoms with van der Waals surface area (Å²) in [5.74, 6) is -0.318. The molecule has 0 aliphatic heterocycles. The van der Waals surface area contributed by atoms with Crippen LogP contribution in [-0.4, -0.2) is 17.1 Å². The first-order valence-corrected chi connectivity index (χ1v) is 12.1. The Bertz CT molecular complexity index is 856. The van der Waals surface area contributed by atoms with E-state index in [0.717, 1.165) is 36.1 Å². The smallest absolute Gasteiger partial charge is 0.340 e. The fraction of sp³-hybridized carbons (Fsp3) is 0.556. The van der Waals surface area contributed by atoms with Gasteiger partial charge in [-0.05, 0) is 25.8 Å². The average molecular weight is 425 g/mol. The van der Waals surface area contributed by atoms with E-state index in [9.17, 15) is 4.79 Å². The van der Waals surface area contributed by atoms with Crippen LogP contribution in [0.5, 0.6) is 0 Å². The van der Waals surface area contributed by atoms with Gasteiger partial charge in [0.05, 0.1) is 12.2 Å². The van der Waals surface area contributed by atoms with E-state index < -0.39 is 0 Å². The van der Waals surface area contributed by atoms with Gasteiger partial charge in [-0.2, -0.15) is 0 Å². The molecule has 1 aromatic carbocycles. The minimum atomic E-state index is -0.318. The first-order valence-electron chi connectivity index (χ1n) is 12.1. The molecule has 0 aliphatic rings. The lowest BCUT2D eigenvalue weighted by Gasteiger charge is -2.17. The number of benzene rings is 1. The number of aromatic nitrogens is 1. The Morgan fingerprint density at radius 3 is 2.06 bits per heavy atom. The van der Waals surface area contributed by atoms with E-state index >= 15 is 0 Å². The molecule has 0 aliphatic carbocycles. The molecule has 0 spiro atoms. The highest BCUT2D eigenvalue weighted by atomic mass is 16.5. The van der Waals surface area contributed by atoms with Crippen LogP contribution in [0.3, 0.4) is 0 Å². The monoisotopic (exact) mass is 424 g/mol. The van der Waals surface area contributed by atoms with Crippen molar-refractivity contribution in [2.75, 3.05) is 6.61 Å². The quantitative estimate of drug-likeness (QED) is 0.261. The fourth-order valence-electron chi connectivity index (χ4n) is 4.11. The summed E-state index contributed by atoms with van der Waals surface area (Å²) in [7, 11) is 0. The van der Waals surface area contributed by atoms with E-state index in [0.29, 0.717) is 17.7 Å². The molecule has 0 unspecified atom stereocenters. The highest BCUT2D eigenvalue weighted by Crippen LogP contribution is 2.26. The summed E-state index contributed by atoms with van der Waals surface area (Å²) >= 11 is 0. The molecule has 2 aromatic rings. The predicted molar refractivity (Wildman–Crippen MR) is 128 cm³/mol. The summed E-state index contributed by atoms with van der Waals surface area (Å²) < 4.78 is 7.25. The minimum Gasteiger partial charge on any atom is -0.462 e. The van der Waals surface area contributed by atoms with Gasteiger partial charge in [0.1, 0.15) is 5.49 Å². The molecule has 170 valence electrons. The maximum Gasteiger partial charge on any atom is 0.340 e. The number of carbonyl (C=O) groups excluding carboxylic acids is 1. The molecule has 31 heavy (non-hydrogen) atoms. The number of carbonyl (C=O) groups is 1. The van der Waals surface area contributed by atoms with Crippen molar-refractivity contribution in [3.8, 4) is 11.1 Å². The minimum absolute atomic E-state index is 0.318. The summed E-state index contributed by atoms with van der Waals surface area (Å²) in [5.41, 5.74) is 3.60. The van der Waals surface area contributed by atoms with E-state index in [1.807, 2.05) is 54.9 Å². The molecular weight excluding hydrogens is 384 g/mol. The normalized spacial score (nSPS) is 10.9. The predicted octanol–water partition coefficient (Wildman–Crippen LogP) is 7.04. The van der Waals surface area contributed by atoms with Gasteiger partial charge < -0.3 is 9.30 Å². The number of ether oxygens (including phenoxy) is 1. The van der Waals surface area contributed by atoms with Crippen LogP contribution < -0.4 is 5.49 Å². The molecule has 0 amide bonds. The molecule has 1 aromatic heterocycles. The van der Waals surface area contributed by atoms with Crippen LogP contribution in [0.25, 0.3) is 11.1 Å². The van der Waals surface area contributed by atoms with Gasteiger partial charge in [-0.25, -0.2) is 4.79 Å². The zero-order valence-electron chi connectivity index (χ0n) is 19.7.